The van der Waals surface area contributed by atoms with Gasteiger partial charge in [-0.3, -0.25) is 0 Å². The van der Waals surface area contributed by atoms with Crippen molar-refractivity contribution in [3.05, 3.63) is 33.9 Å². The van der Waals surface area contributed by atoms with E-state index in [1.807, 2.05) is 19.2 Å². The van der Waals surface area contributed by atoms with Crippen LogP contribution in [0, 0.1) is 5.82 Å². The third-order valence-electron chi connectivity index (χ3n) is 3.21. The first-order chi connectivity index (χ1) is 10.1. The van der Waals surface area contributed by atoms with Crippen LogP contribution in [-0.4, -0.2) is 29.1 Å². The lowest BCUT2D eigenvalue weighted by atomic mass is 10.3. The minimum absolute atomic E-state index is 0.0310. The minimum Gasteiger partial charge on any atom is -0.375 e. The van der Waals surface area contributed by atoms with Crippen LogP contribution in [0.3, 0.4) is 0 Å². The van der Waals surface area contributed by atoms with Gasteiger partial charge in [0.2, 0.25) is 0 Å². The van der Waals surface area contributed by atoms with Crippen LogP contribution in [0.1, 0.15) is 36.3 Å². The molecule has 0 spiro atoms. The van der Waals surface area contributed by atoms with Crippen molar-refractivity contribution in [3.8, 4) is 0 Å². The number of hydrogen-bond donors (Lipinski definition) is 0. The highest BCUT2D eigenvalue weighted by Crippen LogP contribution is 2.23. The van der Waals surface area contributed by atoms with E-state index in [0.29, 0.717) is 24.5 Å². The third kappa shape index (κ3) is 3.54. The molecule has 1 atom stereocenters. The standard InChI is InChI=1S/C14H19FN4OS/c1-5-11-12(15)13(17-8-16-11)19(3)6-10-7-21-14(18-10)9(2)20-4/h7-9H,5-6H2,1-4H3. The van der Waals surface area contributed by atoms with Crippen LogP contribution in [0.5, 0.6) is 0 Å². The highest BCUT2D eigenvalue weighted by Gasteiger charge is 2.16. The van der Waals surface area contributed by atoms with Crippen molar-refractivity contribution >= 4 is 17.2 Å². The molecule has 0 N–H and O–H groups in total. The lowest BCUT2D eigenvalue weighted by Crippen LogP contribution is -2.20. The molecule has 0 aliphatic carbocycles. The summed E-state index contributed by atoms with van der Waals surface area (Å²) in [6, 6.07) is 0. The molecule has 0 saturated heterocycles. The number of halogens is 1. The van der Waals surface area contributed by atoms with Crippen LogP contribution in [0.4, 0.5) is 10.2 Å². The summed E-state index contributed by atoms with van der Waals surface area (Å²) >= 11 is 1.54. The maximum Gasteiger partial charge on any atom is 0.187 e. The van der Waals surface area contributed by atoms with Gasteiger partial charge >= 0.3 is 0 Å². The van der Waals surface area contributed by atoms with Crippen LogP contribution in [0.15, 0.2) is 11.7 Å². The zero-order valence-corrected chi connectivity index (χ0v) is 13.4. The van der Waals surface area contributed by atoms with E-state index in [0.717, 1.165) is 10.7 Å². The lowest BCUT2D eigenvalue weighted by molar-refractivity contribution is 0.119. The Bertz CT molecular complexity index is 604. The molecular formula is C14H19FN4OS. The summed E-state index contributed by atoms with van der Waals surface area (Å²) in [5.41, 5.74) is 1.30. The van der Waals surface area contributed by atoms with Gasteiger partial charge in [0, 0.05) is 19.5 Å². The summed E-state index contributed by atoms with van der Waals surface area (Å²) in [5, 5.41) is 2.87. The highest BCUT2D eigenvalue weighted by atomic mass is 32.1. The Morgan fingerprint density at radius 3 is 2.86 bits per heavy atom. The summed E-state index contributed by atoms with van der Waals surface area (Å²) < 4.78 is 19.5. The lowest BCUT2D eigenvalue weighted by Gasteiger charge is -2.18. The number of aromatic nitrogens is 3. The number of thiazole rings is 1. The molecule has 0 fully saturated rings. The van der Waals surface area contributed by atoms with Crippen molar-refractivity contribution in [3.63, 3.8) is 0 Å². The molecular weight excluding hydrogens is 291 g/mol. The second-order valence-electron chi connectivity index (χ2n) is 4.72. The maximum atomic E-state index is 14.2. The third-order valence-corrected chi connectivity index (χ3v) is 4.26. The number of hydrogen-bond acceptors (Lipinski definition) is 6. The normalized spacial score (nSPS) is 12.4. The van der Waals surface area contributed by atoms with E-state index in [1.165, 1.54) is 6.33 Å². The Morgan fingerprint density at radius 1 is 1.43 bits per heavy atom. The minimum atomic E-state index is -0.358. The molecule has 21 heavy (non-hydrogen) atoms. The molecule has 0 aliphatic heterocycles. The summed E-state index contributed by atoms with van der Waals surface area (Å²) in [7, 11) is 3.45. The topological polar surface area (TPSA) is 51.1 Å². The predicted octanol–water partition coefficient (Wildman–Crippen LogP) is 2.98. The van der Waals surface area contributed by atoms with Gasteiger partial charge in [-0.15, -0.1) is 11.3 Å². The van der Waals surface area contributed by atoms with Gasteiger partial charge in [0.1, 0.15) is 17.4 Å². The van der Waals surface area contributed by atoms with E-state index in [2.05, 4.69) is 15.0 Å². The molecule has 114 valence electrons. The van der Waals surface area contributed by atoms with Crippen LogP contribution in [0.25, 0.3) is 0 Å². The molecule has 2 aromatic heterocycles. The van der Waals surface area contributed by atoms with Gasteiger partial charge in [0.25, 0.3) is 0 Å². The molecule has 2 aromatic rings. The SMILES string of the molecule is CCc1ncnc(N(C)Cc2csc(C(C)OC)n2)c1F. The molecule has 0 aliphatic rings. The molecule has 2 heterocycles. The fourth-order valence-electron chi connectivity index (χ4n) is 1.91. The van der Waals surface area contributed by atoms with E-state index < -0.39 is 0 Å². The van der Waals surface area contributed by atoms with Crippen molar-refractivity contribution in [1.29, 1.82) is 0 Å². The van der Waals surface area contributed by atoms with Crippen molar-refractivity contribution < 1.29 is 9.13 Å². The molecule has 0 saturated carbocycles. The van der Waals surface area contributed by atoms with Gasteiger partial charge < -0.3 is 9.64 Å². The molecule has 0 amide bonds. The number of rotatable bonds is 6. The van der Waals surface area contributed by atoms with E-state index in [1.54, 1.807) is 30.4 Å². The molecule has 7 heteroatoms. The zero-order chi connectivity index (χ0) is 15.4. The highest BCUT2D eigenvalue weighted by molar-refractivity contribution is 7.09. The number of aryl methyl sites for hydroxylation is 1. The Kier molecular flexibility index (Phi) is 5.19. The van der Waals surface area contributed by atoms with Gasteiger partial charge in [0.05, 0.1) is 17.9 Å². The molecule has 0 aromatic carbocycles. The number of ether oxygens (including phenoxy) is 1. The Hall–Kier alpha value is -1.60. The Morgan fingerprint density at radius 2 is 2.19 bits per heavy atom. The van der Waals surface area contributed by atoms with Crippen LogP contribution < -0.4 is 4.90 Å². The van der Waals surface area contributed by atoms with Crippen molar-refractivity contribution in [2.24, 2.45) is 0 Å². The number of nitrogens with zero attached hydrogens (tertiary/aromatic N) is 4. The quantitative estimate of drug-likeness (QED) is 0.821. The van der Waals surface area contributed by atoms with Gasteiger partial charge in [0.15, 0.2) is 11.6 Å². The van der Waals surface area contributed by atoms with Crippen LogP contribution in [0.2, 0.25) is 0 Å². The summed E-state index contributed by atoms with van der Waals surface area (Å²) in [6.07, 6.45) is 1.91. The van der Waals surface area contributed by atoms with E-state index >= 15 is 0 Å². The Labute approximate surface area is 127 Å². The van der Waals surface area contributed by atoms with Crippen molar-refractivity contribution in [1.82, 2.24) is 15.0 Å². The number of anilines is 1. The van der Waals surface area contributed by atoms with E-state index in [-0.39, 0.29) is 11.9 Å². The summed E-state index contributed by atoms with van der Waals surface area (Å²) in [6.45, 7) is 4.31. The monoisotopic (exact) mass is 310 g/mol. The van der Waals surface area contributed by atoms with Gasteiger partial charge in [-0.25, -0.2) is 19.3 Å². The van der Waals surface area contributed by atoms with Crippen LogP contribution >= 0.6 is 11.3 Å². The largest absolute Gasteiger partial charge is 0.375 e. The first kappa shape index (κ1) is 15.8. The smallest absolute Gasteiger partial charge is 0.187 e. The summed E-state index contributed by atoms with van der Waals surface area (Å²) in [4.78, 5) is 14.2. The molecule has 2 rings (SSSR count). The van der Waals surface area contributed by atoms with Gasteiger partial charge in [-0.05, 0) is 13.3 Å². The fraction of sp³-hybridized carbons (Fsp3) is 0.500. The van der Waals surface area contributed by atoms with Gasteiger partial charge in [-0.2, -0.15) is 0 Å². The first-order valence-electron chi connectivity index (χ1n) is 6.74. The van der Waals surface area contributed by atoms with Crippen molar-refractivity contribution in [2.45, 2.75) is 32.9 Å². The molecule has 1 unspecified atom stereocenters. The van der Waals surface area contributed by atoms with E-state index in [9.17, 15) is 4.39 Å². The molecule has 0 radical (unpaired) electrons. The molecule has 5 nitrogen and oxygen atoms in total. The predicted molar refractivity (Wildman–Crippen MR) is 81.0 cm³/mol. The van der Waals surface area contributed by atoms with Crippen molar-refractivity contribution in [2.75, 3.05) is 19.1 Å². The first-order valence-corrected chi connectivity index (χ1v) is 7.62. The average Bonchev–Trinajstić information content (AvgIpc) is 2.95. The molecule has 0 bridgehead atoms. The fourth-order valence-corrected chi connectivity index (χ4v) is 2.75. The number of methoxy groups -OCH3 is 1. The van der Waals surface area contributed by atoms with Crippen LogP contribution in [-0.2, 0) is 17.7 Å². The van der Waals surface area contributed by atoms with E-state index in [4.69, 9.17) is 4.74 Å². The Balaban J connectivity index is 2.14. The second-order valence-corrected chi connectivity index (χ2v) is 5.61. The summed E-state index contributed by atoms with van der Waals surface area (Å²) in [5.74, 6) is -0.0561. The maximum absolute atomic E-state index is 14.2. The average molecular weight is 310 g/mol. The van der Waals surface area contributed by atoms with Gasteiger partial charge in [-0.1, -0.05) is 6.92 Å². The second kappa shape index (κ2) is 6.91. The zero-order valence-electron chi connectivity index (χ0n) is 12.6.